The van der Waals surface area contributed by atoms with Gasteiger partial charge in [-0.3, -0.25) is 4.79 Å². The summed E-state index contributed by atoms with van der Waals surface area (Å²) in [5.41, 5.74) is 5.27. The lowest BCUT2D eigenvalue weighted by Crippen LogP contribution is -2.48. The van der Waals surface area contributed by atoms with Crippen LogP contribution in [-0.4, -0.2) is 42.1 Å². The van der Waals surface area contributed by atoms with E-state index in [0.29, 0.717) is 19.1 Å². The van der Waals surface area contributed by atoms with Crippen LogP contribution in [0.4, 0.5) is 0 Å². The van der Waals surface area contributed by atoms with Crippen LogP contribution in [0.15, 0.2) is 0 Å². The lowest BCUT2D eigenvalue weighted by molar-refractivity contribution is -0.144. The van der Waals surface area contributed by atoms with E-state index < -0.39 is 0 Å². The molecule has 4 heteroatoms. The number of nitrogens with two attached hydrogens (primary N) is 1. The zero-order valence-corrected chi connectivity index (χ0v) is 10.7. The van der Waals surface area contributed by atoms with Gasteiger partial charge < -0.3 is 15.4 Å². The van der Waals surface area contributed by atoms with Crippen LogP contribution in [0.5, 0.6) is 0 Å². The monoisotopic (exact) mass is 228 g/mol. The summed E-state index contributed by atoms with van der Waals surface area (Å²) in [7, 11) is 0. The molecule has 1 fully saturated rings. The first kappa shape index (κ1) is 13.5. The third kappa shape index (κ3) is 4.10. The molecular weight excluding hydrogens is 204 g/mol. The summed E-state index contributed by atoms with van der Waals surface area (Å²) in [4.78, 5) is 13.8. The van der Waals surface area contributed by atoms with E-state index in [0.717, 1.165) is 12.8 Å². The molecule has 1 rings (SSSR count). The van der Waals surface area contributed by atoms with Gasteiger partial charge in [0.2, 0.25) is 5.91 Å². The van der Waals surface area contributed by atoms with Crippen molar-refractivity contribution < 1.29 is 9.53 Å². The molecule has 2 N–H and O–H groups in total. The van der Waals surface area contributed by atoms with Crippen molar-refractivity contribution >= 4 is 5.91 Å². The Balaban J connectivity index is 2.41. The van der Waals surface area contributed by atoms with Gasteiger partial charge in [-0.1, -0.05) is 0 Å². The van der Waals surface area contributed by atoms with Crippen molar-refractivity contribution in [1.29, 1.82) is 0 Å². The maximum Gasteiger partial charge on any atom is 0.248 e. The van der Waals surface area contributed by atoms with E-state index in [9.17, 15) is 4.79 Å². The van der Waals surface area contributed by atoms with Crippen LogP contribution in [0.2, 0.25) is 0 Å². The van der Waals surface area contributed by atoms with Crippen molar-refractivity contribution in [3.63, 3.8) is 0 Å². The highest BCUT2D eigenvalue weighted by Gasteiger charge is 2.28. The number of amides is 1. The highest BCUT2D eigenvalue weighted by molar-refractivity contribution is 5.78. The Labute approximate surface area is 98.1 Å². The molecule has 1 amide bonds. The molecule has 0 aromatic rings. The molecule has 1 saturated carbocycles. The van der Waals surface area contributed by atoms with E-state index in [1.165, 1.54) is 6.42 Å². The van der Waals surface area contributed by atoms with Gasteiger partial charge in [0.05, 0.1) is 5.60 Å². The molecule has 0 radical (unpaired) electrons. The summed E-state index contributed by atoms with van der Waals surface area (Å²) in [6.07, 6.45) is 3.45. The average molecular weight is 228 g/mol. The summed E-state index contributed by atoms with van der Waals surface area (Å²) < 4.78 is 5.51. The summed E-state index contributed by atoms with van der Waals surface area (Å²) in [6, 6.07) is 0.402. The second kappa shape index (κ2) is 5.64. The van der Waals surface area contributed by atoms with Crippen molar-refractivity contribution in [2.45, 2.75) is 51.7 Å². The van der Waals surface area contributed by atoms with Gasteiger partial charge in [-0.05, 0) is 40.0 Å². The summed E-state index contributed by atoms with van der Waals surface area (Å²) in [5.74, 6) is 0.0741. The number of ether oxygens (including phenoxy) is 1. The van der Waals surface area contributed by atoms with E-state index in [4.69, 9.17) is 10.5 Å². The van der Waals surface area contributed by atoms with Crippen molar-refractivity contribution in [2.75, 3.05) is 19.7 Å². The molecule has 1 aliphatic rings. The van der Waals surface area contributed by atoms with Crippen LogP contribution < -0.4 is 5.73 Å². The largest absolute Gasteiger partial charge is 0.366 e. The summed E-state index contributed by atoms with van der Waals surface area (Å²) >= 11 is 0. The maximum absolute atomic E-state index is 12.0. The quantitative estimate of drug-likeness (QED) is 0.767. The molecule has 0 saturated heterocycles. The van der Waals surface area contributed by atoms with E-state index in [2.05, 4.69) is 0 Å². The predicted octanol–water partition coefficient (Wildman–Crippen LogP) is 1.14. The van der Waals surface area contributed by atoms with Gasteiger partial charge in [-0.25, -0.2) is 0 Å². The molecule has 0 aromatic heterocycles. The molecule has 0 aliphatic heterocycles. The number of nitrogens with zero attached hydrogens (tertiary/aromatic N) is 1. The minimum Gasteiger partial charge on any atom is -0.366 e. The molecule has 16 heavy (non-hydrogen) atoms. The highest BCUT2D eigenvalue weighted by Crippen LogP contribution is 2.24. The van der Waals surface area contributed by atoms with Gasteiger partial charge >= 0.3 is 0 Å². The fourth-order valence-corrected chi connectivity index (χ4v) is 1.71. The normalized spacial score (nSPS) is 17.0. The third-order valence-corrected chi connectivity index (χ3v) is 2.83. The molecule has 4 nitrogen and oxygen atoms in total. The molecular formula is C12H24N2O2. The Morgan fingerprint density at radius 3 is 2.44 bits per heavy atom. The Kier molecular flexibility index (Phi) is 4.74. The Hall–Kier alpha value is -0.610. The van der Waals surface area contributed by atoms with E-state index in [-0.39, 0.29) is 18.1 Å². The van der Waals surface area contributed by atoms with E-state index in [1.54, 1.807) is 0 Å². The standard InChI is InChI=1S/C12H24N2O2/c1-12(2,3)16-9-11(15)14(8-7-13)10-5-4-6-10/h10H,4-9,13H2,1-3H3. The molecule has 94 valence electrons. The topological polar surface area (TPSA) is 55.6 Å². The van der Waals surface area contributed by atoms with Gasteiger partial charge in [0, 0.05) is 19.1 Å². The van der Waals surface area contributed by atoms with Gasteiger partial charge in [0.1, 0.15) is 6.61 Å². The minimum absolute atomic E-state index is 0.0741. The van der Waals surface area contributed by atoms with E-state index >= 15 is 0 Å². The number of carbonyl (C=O) groups is 1. The maximum atomic E-state index is 12.0. The smallest absolute Gasteiger partial charge is 0.248 e. The molecule has 0 unspecified atom stereocenters. The molecule has 0 atom stereocenters. The molecule has 0 aromatic carbocycles. The lowest BCUT2D eigenvalue weighted by atomic mass is 9.91. The fourth-order valence-electron chi connectivity index (χ4n) is 1.71. The molecule has 0 bridgehead atoms. The van der Waals surface area contributed by atoms with Crippen molar-refractivity contribution in [2.24, 2.45) is 5.73 Å². The second-order valence-electron chi connectivity index (χ2n) is 5.36. The predicted molar refractivity (Wildman–Crippen MR) is 64.1 cm³/mol. The highest BCUT2D eigenvalue weighted by atomic mass is 16.5. The summed E-state index contributed by atoms with van der Waals surface area (Å²) in [6.45, 7) is 7.21. The van der Waals surface area contributed by atoms with Crippen LogP contribution in [0.3, 0.4) is 0 Å². The van der Waals surface area contributed by atoms with Crippen molar-refractivity contribution in [3.05, 3.63) is 0 Å². The van der Waals surface area contributed by atoms with Gasteiger partial charge in [0.25, 0.3) is 0 Å². The number of hydrogen-bond acceptors (Lipinski definition) is 3. The van der Waals surface area contributed by atoms with Gasteiger partial charge in [-0.15, -0.1) is 0 Å². The SMILES string of the molecule is CC(C)(C)OCC(=O)N(CCN)C1CCC1. The first-order chi connectivity index (χ1) is 7.44. The van der Waals surface area contributed by atoms with Crippen LogP contribution in [0, 0.1) is 0 Å². The molecule has 0 heterocycles. The zero-order chi connectivity index (χ0) is 12.2. The average Bonchev–Trinajstić information content (AvgIpc) is 2.09. The Bertz CT molecular complexity index is 232. The van der Waals surface area contributed by atoms with Crippen LogP contribution >= 0.6 is 0 Å². The van der Waals surface area contributed by atoms with Gasteiger partial charge in [0.15, 0.2) is 0 Å². The van der Waals surface area contributed by atoms with Crippen LogP contribution in [0.25, 0.3) is 0 Å². The summed E-state index contributed by atoms with van der Waals surface area (Å²) in [5, 5.41) is 0. The first-order valence-corrected chi connectivity index (χ1v) is 6.07. The van der Waals surface area contributed by atoms with Gasteiger partial charge in [-0.2, -0.15) is 0 Å². The third-order valence-electron chi connectivity index (χ3n) is 2.83. The Morgan fingerprint density at radius 1 is 1.44 bits per heavy atom. The second-order valence-corrected chi connectivity index (χ2v) is 5.36. The van der Waals surface area contributed by atoms with E-state index in [1.807, 2.05) is 25.7 Å². The molecule has 0 spiro atoms. The Morgan fingerprint density at radius 2 is 2.06 bits per heavy atom. The minimum atomic E-state index is -0.260. The number of rotatable bonds is 5. The zero-order valence-electron chi connectivity index (χ0n) is 10.7. The lowest BCUT2D eigenvalue weighted by Gasteiger charge is -2.37. The van der Waals surface area contributed by atoms with Crippen molar-refractivity contribution in [1.82, 2.24) is 4.90 Å². The fraction of sp³-hybridized carbons (Fsp3) is 0.917. The van der Waals surface area contributed by atoms with Crippen LogP contribution in [-0.2, 0) is 9.53 Å². The first-order valence-electron chi connectivity index (χ1n) is 6.07. The number of carbonyl (C=O) groups excluding carboxylic acids is 1. The van der Waals surface area contributed by atoms with Crippen molar-refractivity contribution in [3.8, 4) is 0 Å². The molecule has 1 aliphatic carbocycles. The van der Waals surface area contributed by atoms with Crippen LogP contribution in [0.1, 0.15) is 40.0 Å². The number of hydrogen-bond donors (Lipinski definition) is 1.